The lowest BCUT2D eigenvalue weighted by Gasteiger charge is -2.27. The number of anilines is 2. The Morgan fingerprint density at radius 1 is 1.25 bits per heavy atom. The number of nitrogen functional groups attached to an aromatic ring is 1. The van der Waals surface area contributed by atoms with Crippen LogP contribution in [0.15, 0.2) is 22.6 Å². The largest absolute Gasteiger partial charge is 0.423 e. The molecule has 108 valence electrons. The average molecular weight is 273 g/mol. The van der Waals surface area contributed by atoms with Crippen LogP contribution in [0.1, 0.15) is 39.0 Å². The Labute approximate surface area is 119 Å². The highest BCUT2D eigenvalue weighted by molar-refractivity contribution is 5.86. The fourth-order valence-electron chi connectivity index (χ4n) is 3.12. The highest BCUT2D eigenvalue weighted by Crippen LogP contribution is 2.31. The summed E-state index contributed by atoms with van der Waals surface area (Å²) in [6.45, 7) is 3.25. The van der Waals surface area contributed by atoms with Gasteiger partial charge in [-0.3, -0.25) is 0 Å². The molecule has 0 spiro atoms. The standard InChI is InChI=1S/C16H23N3O/c1-2-11-6-8-12(9-7-11)10-18-16-19-15-13(17)4-3-5-14(15)20-16/h3-5,11-12H,2,6-10,17H2,1H3,(H,18,19). The third kappa shape index (κ3) is 2.74. The van der Waals surface area contributed by atoms with E-state index in [1.165, 1.54) is 32.1 Å². The van der Waals surface area contributed by atoms with Crippen LogP contribution in [0, 0.1) is 11.8 Å². The minimum absolute atomic E-state index is 0.593. The molecule has 4 heteroatoms. The zero-order valence-electron chi connectivity index (χ0n) is 12.1. The minimum atomic E-state index is 0.593. The normalized spacial score (nSPS) is 23.1. The molecule has 0 atom stereocenters. The van der Waals surface area contributed by atoms with E-state index in [0.29, 0.717) is 11.7 Å². The zero-order chi connectivity index (χ0) is 13.9. The van der Waals surface area contributed by atoms with Crippen LogP contribution in [-0.2, 0) is 0 Å². The molecule has 2 aromatic rings. The molecule has 1 aromatic heterocycles. The number of hydrogen-bond donors (Lipinski definition) is 2. The van der Waals surface area contributed by atoms with Crippen molar-refractivity contribution in [1.29, 1.82) is 0 Å². The molecule has 3 rings (SSSR count). The van der Waals surface area contributed by atoms with Crippen LogP contribution in [0.4, 0.5) is 11.7 Å². The predicted molar refractivity (Wildman–Crippen MR) is 82.7 cm³/mol. The summed E-state index contributed by atoms with van der Waals surface area (Å²) < 4.78 is 5.68. The Kier molecular flexibility index (Phi) is 3.81. The van der Waals surface area contributed by atoms with Crippen LogP contribution in [0.5, 0.6) is 0 Å². The predicted octanol–water partition coefficient (Wildman–Crippen LogP) is 4.04. The summed E-state index contributed by atoms with van der Waals surface area (Å²) in [5.41, 5.74) is 8.06. The van der Waals surface area contributed by atoms with Gasteiger partial charge in [0.25, 0.3) is 6.01 Å². The Bertz CT molecular complexity index is 570. The molecule has 0 bridgehead atoms. The maximum Gasteiger partial charge on any atom is 0.295 e. The molecule has 0 aliphatic heterocycles. The Morgan fingerprint density at radius 2 is 2.00 bits per heavy atom. The SMILES string of the molecule is CCC1CCC(CNc2nc3c(N)cccc3o2)CC1. The van der Waals surface area contributed by atoms with Gasteiger partial charge in [0, 0.05) is 6.54 Å². The summed E-state index contributed by atoms with van der Waals surface area (Å²) in [4.78, 5) is 4.42. The fraction of sp³-hybridized carbons (Fsp3) is 0.562. The number of para-hydroxylation sites is 1. The number of oxazole rings is 1. The average Bonchev–Trinajstić information content (AvgIpc) is 2.90. The quantitative estimate of drug-likeness (QED) is 0.825. The van der Waals surface area contributed by atoms with E-state index in [1.807, 2.05) is 18.2 Å². The first-order chi connectivity index (χ1) is 9.76. The maximum absolute atomic E-state index is 5.89. The van der Waals surface area contributed by atoms with E-state index in [0.717, 1.165) is 29.5 Å². The van der Waals surface area contributed by atoms with Crippen LogP contribution in [0.25, 0.3) is 11.1 Å². The Hall–Kier alpha value is -1.71. The van der Waals surface area contributed by atoms with Crippen molar-refractivity contribution in [2.45, 2.75) is 39.0 Å². The smallest absolute Gasteiger partial charge is 0.295 e. The maximum atomic E-state index is 5.89. The van der Waals surface area contributed by atoms with Gasteiger partial charge in [0.15, 0.2) is 5.58 Å². The van der Waals surface area contributed by atoms with Gasteiger partial charge in [-0.15, -0.1) is 0 Å². The van der Waals surface area contributed by atoms with Crippen LogP contribution in [-0.4, -0.2) is 11.5 Å². The van der Waals surface area contributed by atoms with E-state index in [4.69, 9.17) is 10.2 Å². The molecule has 0 saturated heterocycles. The summed E-state index contributed by atoms with van der Waals surface area (Å²) >= 11 is 0. The molecule has 4 nitrogen and oxygen atoms in total. The zero-order valence-corrected chi connectivity index (χ0v) is 12.1. The second-order valence-electron chi connectivity index (χ2n) is 5.89. The third-order valence-electron chi connectivity index (χ3n) is 4.54. The number of rotatable bonds is 4. The van der Waals surface area contributed by atoms with Gasteiger partial charge in [0.1, 0.15) is 5.52 Å². The first-order valence-electron chi connectivity index (χ1n) is 7.65. The van der Waals surface area contributed by atoms with Crippen LogP contribution < -0.4 is 11.1 Å². The van der Waals surface area contributed by atoms with Gasteiger partial charge < -0.3 is 15.5 Å². The van der Waals surface area contributed by atoms with Crippen molar-refractivity contribution in [3.05, 3.63) is 18.2 Å². The van der Waals surface area contributed by atoms with Crippen molar-refractivity contribution in [1.82, 2.24) is 4.98 Å². The van der Waals surface area contributed by atoms with Crippen molar-refractivity contribution in [2.24, 2.45) is 11.8 Å². The second kappa shape index (κ2) is 5.73. The van der Waals surface area contributed by atoms with Crippen molar-refractivity contribution in [3.63, 3.8) is 0 Å². The number of hydrogen-bond acceptors (Lipinski definition) is 4. The third-order valence-corrected chi connectivity index (χ3v) is 4.54. The summed E-state index contributed by atoms with van der Waals surface area (Å²) in [5, 5.41) is 3.33. The van der Waals surface area contributed by atoms with Gasteiger partial charge in [0.2, 0.25) is 0 Å². The van der Waals surface area contributed by atoms with Crippen LogP contribution in [0.3, 0.4) is 0 Å². The molecular formula is C16H23N3O. The lowest BCUT2D eigenvalue weighted by molar-refractivity contribution is 0.277. The van der Waals surface area contributed by atoms with Crippen LogP contribution in [0.2, 0.25) is 0 Å². The van der Waals surface area contributed by atoms with Crippen molar-refractivity contribution < 1.29 is 4.42 Å². The second-order valence-corrected chi connectivity index (χ2v) is 5.89. The fourth-order valence-corrected chi connectivity index (χ4v) is 3.12. The first-order valence-corrected chi connectivity index (χ1v) is 7.65. The van der Waals surface area contributed by atoms with E-state index in [9.17, 15) is 0 Å². The topological polar surface area (TPSA) is 64.1 Å². The number of fused-ring (bicyclic) bond motifs is 1. The number of nitrogens with two attached hydrogens (primary N) is 1. The van der Waals surface area contributed by atoms with Crippen LogP contribution >= 0.6 is 0 Å². The van der Waals surface area contributed by atoms with E-state index < -0.39 is 0 Å². The summed E-state index contributed by atoms with van der Waals surface area (Å²) in [6.07, 6.45) is 6.68. The van der Waals surface area contributed by atoms with Crippen molar-refractivity contribution in [2.75, 3.05) is 17.6 Å². The summed E-state index contributed by atoms with van der Waals surface area (Å²) in [7, 11) is 0. The molecule has 0 unspecified atom stereocenters. The Morgan fingerprint density at radius 3 is 2.70 bits per heavy atom. The van der Waals surface area contributed by atoms with Gasteiger partial charge in [0.05, 0.1) is 5.69 Å². The van der Waals surface area contributed by atoms with Crippen molar-refractivity contribution in [3.8, 4) is 0 Å². The molecule has 3 N–H and O–H groups in total. The Balaban J connectivity index is 1.59. The molecule has 1 aliphatic rings. The van der Waals surface area contributed by atoms with Gasteiger partial charge in [-0.05, 0) is 36.8 Å². The highest BCUT2D eigenvalue weighted by Gasteiger charge is 2.20. The monoisotopic (exact) mass is 273 g/mol. The van der Waals surface area contributed by atoms with E-state index in [2.05, 4.69) is 17.2 Å². The molecule has 1 saturated carbocycles. The van der Waals surface area contributed by atoms with Gasteiger partial charge in [-0.1, -0.05) is 32.3 Å². The lowest BCUT2D eigenvalue weighted by atomic mass is 9.81. The molecule has 0 amide bonds. The highest BCUT2D eigenvalue weighted by atomic mass is 16.4. The summed E-state index contributed by atoms with van der Waals surface area (Å²) in [6, 6.07) is 6.23. The van der Waals surface area contributed by atoms with Gasteiger partial charge >= 0.3 is 0 Å². The molecule has 1 fully saturated rings. The molecule has 1 aliphatic carbocycles. The molecule has 1 heterocycles. The van der Waals surface area contributed by atoms with Gasteiger partial charge in [-0.2, -0.15) is 4.98 Å². The lowest BCUT2D eigenvalue weighted by Crippen LogP contribution is -2.21. The van der Waals surface area contributed by atoms with E-state index in [-0.39, 0.29) is 0 Å². The summed E-state index contributed by atoms with van der Waals surface area (Å²) in [5.74, 6) is 1.68. The van der Waals surface area contributed by atoms with E-state index in [1.54, 1.807) is 0 Å². The van der Waals surface area contributed by atoms with Crippen molar-refractivity contribution >= 4 is 22.8 Å². The van der Waals surface area contributed by atoms with Gasteiger partial charge in [-0.25, -0.2) is 0 Å². The number of aromatic nitrogens is 1. The molecule has 1 aromatic carbocycles. The molecular weight excluding hydrogens is 250 g/mol. The van der Waals surface area contributed by atoms with E-state index >= 15 is 0 Å². The molecule has 0 radical (unpaired) electrons. The first kappa shape index (κ1) is 13.3. The molecule has 20 heavy (non-hydrogen) atoms. The minimum Gasteiger partial charge on any atom is -0.423 e. The number of benzene rings is 1. The number of nitrogens with zero attached hydrogens (tertiary/aromatic N) is 1. The number of nitrogens with one attached hydrogen (secondary N) is 1.